The lowest BCUT2D eigenvalue weighted by atomic mass is 9.93. The monoisotopic (exact) mass is 430 g/mol. The highest BCUT2D eigenvalue weighted by Crippen LogP contribution is 2.32. The van der Waals surface area contributed by atoms with E-state index in [0.717, 1.165) is 42.8 Å². The van der Waals surface area contributed by atoms with Gasteiger partial charge in [0.25, 0.3) is 0 Å². The minimum atomic E-state index is -0.162. The smallest absolute Gasteiger partial charge is 0.224 e. The molecule has 0 radical (unpaired) electrons. The number of aromatic nitrogens is 3. The first-order valence-electron chi connectivity index (χ1n) is 10.8. The summed E-state index contributed by atoms with van der Waals surface area (Å²) in [5.74, 6) is 2.45. The predicted octanol–water partition coefficient (Wildman–Crippen LogP) is 5.43. The minimum Gasteiger partial charge on any atom is -0.393 e. The molecule has 5 nitrogen and oxygen atoms in total. The van der Waals surface area contributed by atoms with E-state index in [9.17, 15) is 5.11 Å². The number of aliphatic hydroxyl groups excluding tert-OH is 1. The van der Waals surface area contributed by atoms with Crippen molar-refractivity contribution >= 4 is 28.6 Å². The molecule has 0 aliphatic heterocycles. The van der Waals surface area contributed by atoms with Crippen LogP contribution in [0.3, 0.4) is 0 Å². The van der Waals surface area contributed by atoms with Crippen LogP contribution >= 0.6 is 11.8 Å². The van der Waals surface area contributed by atoms with Crippen LogP contribution in [0.5, 0.6) is 0 Å². The second-order valence-corrected chi connectivity index (χ2v) is 9.05. The largest absolute Gasteiger partial charge is 0.393 e. The lowest BCUT2D eigenvalue weighted by Gasteiger charge is -2.26. The average molecular weight is 431 g/mol. The van der Waals surface area contributed by atoms with Gasteiger partial charge >= 0.3 is 0 Å². The first-order valence-corrected chi connectivity index (χ1v) is 11.8. The predicted molar refractivity (Wildman–Crippen MR) is 127 cm³/mol. The quantitative estimate of drug-likeness (QED) is 0.400. The normalized spacial score (nSPS) is 18.9. The molecule has 0 unspecified atom stereocenters. The van der Waals surface area contributed by atoms with Gasteiger partial charge in [-0.05, 0) is 55.5 Å². The van der Waals surface area contributed by atoms with Crippen molar-refractivity contribution in [2.75, 3.05) is 5.32 Å². The van der Waals surface area contributed by atoms with Gasteiger partial charge in [-0.25, -0.2) is 4.98 Å². The lowest BCUT2D eigenvalue weighted by Crippen LogP contribution is -2.29. The minimum absolute atomic E-state index is 0.162. The number of aliphatic hydroxyl groups is 1. The summed E-state index contributed by atoms with van der Waals surface area (Å²) in [6.07, 6.45) is 7.30. The van der Waals surface area contributed by atoms with Gasteiger partial charge in [0, 0.05) is 34.5 Å². The van der Waals surface area contributed by atoms with Crippen molar-refractivity contribution in [2.24, 2.45) is 0 Å². The Kier molecular flexibility index (Phi) is 5.91. The molecule has 31 heavy (non-hydrogen) atoms. The van der Waals surface area contributed by atoms with Crippen LogP contribution in [-0.4, -0.2) is 31.8 Å². The van der Waals surface area contributed by atoms with Crippen molar-refractivity contribution in [2.45, 2.75) is 48.5 Å². The number of hydrogen-bond acceptors (Lipinski definition) is 5. The summed E-state index contributed by atoms with van der Waals surface area (Å²) in [6.45, 7) is 0. The van der Waals surface area contributed by atoms with E-state index in [1.165, 1.54) is 15.8 Å². The molecule has 0 saturated heterocycles. The van der Waals surface area contributed by atoms with E-state index in [4.69, 9.17) is 4.98 Å². The molecule has 5 rings (SSSR count). The molecular weight excluding hydrogens is 404 g/mol. The van der Waals surface area contributed by atoms with E-state index in [-0.39, 0.29) is 6.10 Å². The molecule has 158 valence electrons. The first-order chi connectivity index (χ1) is 15.3. The molecule has 1 saturated carbocycles. The maximum absolute atomic E-state index is 9.72. The molecule has 6 heteroatoms. The van der Waals surface area contributed by atoms with Gasteiger partial charge in [-0.3, -0.25) is 0 Å². The fourth-order valence-electron chi connectivity index (χ4n) is 4.16. The van der Waals surface area contributed by atoms with Gasteiger partial charge in [-0.15, -0.1) is 11.8 Å². The number of nitrogens with zero attached hydrogens (tertiary/aromatic N) is 3. The standard InChI is InChI=1S/C25H26N4OS/c30-20-11-9-19(10-12-20)27-25-26-15-13-24(28-25)29-16-14-21-22(29)7-4-8-23(21)31-17-18-5-2-1-3-6-18/h1-8,13-16,19-20,30H,9-12,17H2,(H,26,27,28)/t19-,20-. The number of rotatable bonds is 6. The maximum Gasteiger partial charge on any atom is 0.224 e. The molecule has 2 aromatic carbocycles. The van der Waals surface area contributed by atoms with Gasteiger partial charge in [-0.2, -0.15) is 4.98 Å². The van der Waals surface area contributed by atoms with Crippen LogP contribution in [-0.2, 0) is 5.75 Å². The van der Waals surface area contributed by atoms with Crippen LogP contribution in [0.2, 0.25) is 0 Å². The summed E-state index contributed by atoms with van der Waals surface area (Å²) >= 11 is 1.86. The molecule has 4 aromatic rings. The number of hydrogen-bond donors (Lipinski definition) is 2. The summed E-state index contributed by atoms with van der Waals surface area (Å²) in [4.78, 5) is 10.5. The van der Waals surface area contributed by atoms with E-state index in [1.54, 1.807) is 0 Å². The highest BCUT2D eigenvalue weighted by molar-refractivity contribution is 7.98. The highest BCUT2D eigenvalue weighted by Gasteiger charge is 2.20. The number of fused-ring (bicyclic) bond motifs is 1. The SMILES string of the molecule is O[C@H]1CC[C@H](Nc2nccc(-n3ccc4c(SCc5ccccc5)cccc43)n2)CC1. The highest BCUT2D eigenvalue weighted by atomic mass is 32.2. The molecule has 0 amide bonds. The van der Waals surface area contributed by atoms with E-state index < -0.39 is 0 Å². The Hall–Kier alpha value is -2.83. The fourth-order valence-corrected chi connectivity index (χ4v) is 5.17. The Balaban J connectivity index is 1.37. The van der Waals surface area contributed by atoms with Crippen molar-refractivity contribution < 1.29 is 5.11 Å². The molecule has 2 aromatic heterocycles. The third-order valence-corrected chi connectivity index (χ3v) is 6.99. The van der Waals surface area contributed by atoms with Gasteiger partial charge < -0.3 is 15.0 Å². The van der Waals surface area contributed by atoms with Crippen LogP contribution in [0.15, 0.2) is 78.0 Å². The summed E-state index contributed by atoms with van der Waals surface area (Å²) < 4.78 is 2.12. The summed E-state index contributed by atoms with van der Waals surface area (Å²) in [7, 11) is 0. The topological polar surface area (TPSA) is 63.0 Å². The summed E-state index contributed by atoms with van der Waals surface area (Å²) in [5.41, 5.74) is 2.47. The fraction of sp³-hybridized carbons (Fsp3) is 0.280. The van der Waals surface area contributed by atoms with Crippen LogP contribution in [0.25, 0.3) is 16.7 Å². The Bertz CT molecular complexity index is 1150. The zero-order chi connectivity index (χ0) is 21.0. The van der Waals surface area contributed by atoms with E-state index in [1.807, 2.05) is 24.0 Å². The van der Waals surface area contributed by atoms with E-state index >= 15 is 0 Å². The Morgan fingerprint density at radius 1 is 0.968 bits per heavy atom. The molecule has 2 N–H and O–H groups in total. The molecule has 0 bridgehead atoms. The second-order valence-electron chi connectivity index (χ2n) is 8.04. The molecule has 0 spiro atoms. The second kappa shape index (κ2) is 9.12. The van der Waals surface area contributed by atoms with Crippen molar-refractivity contribution in [3.8, 4) is 5.82 Å². The van der Waals surface area contributed by atoms with Crippen LogP contribution in [0, 0.1) is 0 Å². The molecule has 1 fully saturated rings. The number of thioether (sulfide) groups is 1. The van der Waals surface area contributed by atoms with Crippen molar-refractivity contribution in [3.63, 3.8) is 0 Å². The molecule has 1 aliphatic carbocycles. The number of benzene rings is 2. The average Bonchev–Trinajstić information content (AvgIpc) is 3.25. The summed E-state index contributed by atoms with van der Waals surface area (Å²) in [6, 6.07) is 21.4. The number of nitrogens with one attached hydrogen (secondary N) is 1. The van der Waals surface area contributed by atoms with Crippen LogP contribution in [0.4, 0.5) is 5.95 Å². The molecule has 2 heterocycles. The molecule has 0 atom stereocenters. The van der Waals surface area contributed by atoms with Crippen LogP contribution < -0.4 is 5.32 Å². The lowest BCUT2D eigenvalue weighted by molar-refractivity contribution is 0.126. The number of anilines is 1. The Morgan fingerprint density at radius 2 is 1.81 bits per heavy atom. The third kappa shape index (κ3) is 4.60. The molecular formula is C25H26N4OS. The first kappa shape index (κ1) is 20.1. The zero-order valence-corrected chi connectivity index (χ0v) is 18.1. The Labute approximate surface area is 186 Å². The Morgan fingerprint density at radius 3 is 2.65 bits per heavy atom. The van der Waals surface area contributed by atoms with E-state index in [0.29, 0.717) is 12.0 Å². The summed E-state index contributed by atoms with van der Waals surface area (Å²) in [5, 5.41) is 14.4. The van der Waals surface area contributed by atoms with Gasteiger partial charge in [0.15, 0.2) is 0 Å². The van der Waals surface area contributed by atoms with Gasteiger partial charge in [0.2, 0.25) is 5.95 Å². The van der Waals surface area contributed by atoms with Crippen molar-refractivity contribution in [1.82, 2.24) is 14.5 Å². The van der Waals surface area contributed by atoms with Crippen molar-refractivity contribution in [1.29, 1.82) is 0 Å². The van der Waals surface area contributed by atoms with Gasteiger partial charge in [0.1, 0.15) is 5.82 Å². The van der Waals surface area contributed by atoms with E-state index in [2.05, 4.69) is 75.7 Å². The van der Waals surface area contributed by atoms with Crippen molar-refractivity contribution in [3.05, 3.63) is 78.6 Å². The van der Waals surface area contributed by atoms with Gasteiger partial charge in [0.05, 0.1) is 11.6 Å². The third-order valence-electron chi connectivity index (χ3n) is 5.85. The maximum atomic E-state index is 9.72. The zero-order valence-electron chi connectivity index (χ0n) is 17.3. The van der Waals surface area contributed by atoms with Gasteiger partial charge in [-0.1, -0.05) is 36.4 Å². The molecule has 1 aliphatic rings. The van der Waals surface area contributed by atoms with Crippen LogP contribution in [0.1, 0.15) is 31.2 Å².